The molecule has 0 heterocycles. The molecule has 1 aromatic carbocycles. The standard InChI is InChI=1S/C22H37NO9/c1-26-8-9-27-10-11-28-12-13-29-14-15-30-16-17-31-18-19-32-21-4-2-20(3-5-21)6-7-23-22(24)25/h2-5,23H,6-19H2,1H3,(H,24,25). The number of hydrogen-bond donors (Lipinski definition) is 2. The van der Waals surface area contributed by atoms with Gasteiger partial charge in [-0.25, -0.2) is 4.79 Å². The lowest BCUT2D eigenvalue weighted by atomic mass is 10.1. The second kappa shape index (κ2) is 20.9. The van der Waals surface area contributed by atoms with Gasteiger partial charge in [0.05, 0.1) is 72.7 Å². The van der Waals surface area contributed by atoms with E-state index in [4.69, 9.17) is 38.3 Å². The minimum Gasteiger partial charge on any atom is -0.491 e. The van der Waals surface area contributed by atoms with E-state index >= 15 is 0 Å². The van der Waals surface area contributed by atoms with Crippen molar-refractivity contribution >= 4 is 6.09 Å². The summed E-state index contributed by atoms with van der Waals surface area (Å²) in [6.07, 6.45) is -0.374. The van der Waals surface area contributed by atoms with Crippen LogP contribution in [0.2, 0.25) is 0 Å². The highest BCUT2D eigenvalue weighted by molar-refractivity contribution is 5.64. The molecule has 0 aliphatic heterocycles. The van der Waals surface area contributed by atoms with E-state index in [1.165, 1.54) is 0 Å². The van der Waals surface area contributed by atoms with E-state index in [9.17, 15) is 4.79 Å². The summed E-state index contributed by atoms with van der Waals surface area (Å²) in [7, 11) is 1.64. The van der Waals surface area contributed by atoms with Gasteiger partial charge in [0.2, 0.25) is 0 Å². The molecule has 32 heavy (non-hydrogen) atoms. The van der Waals surface area contributed by atoms with Crippen molar-refractivity contribution in [2.75, 3.05) is 92.9 Å². The van der Waals surface area contributed by atoms with Gasteiger partial charge in [-0.1, -0.05) is 12.1 Å². The molecule has 1 rings (SSSR count). The van der Waals surface area contributed by atoms with Crippen LogP contribution in [0.3, 0.4) is 0 Å². The third-order valence-electron chi connectivity index (χ3n) is 4.03. The molecule has 0 spiro atoms. The Morgan fingerprint density at radius 1 is 0.719 bits per heavy atom. The molecule has 10 heteroatoms. The van der Waals surface area contributed by atoms with Crippen LogP contribution in [0.4, 0.5) is 4.79 Å². The summed E-state index contributed by atoms with van der Waals surface area (Å²) in [4.78, 5) is 10.4. The molecule has 2 N–H and O–H groups in total. The van der Waals surface area contributed by atoms with E-state index in [0.29, 0.717) is 92.2 Å². The van der Waals surface area contributed by atoms with Crippen molar-refractivity contribution in [3.8, 4) is 5.75 Å². The molecule has 1 aromatic rings. The fourth-order valence-electron chi connectivity index (χ4n) is 2.41. The van der Waals surface area contributed by atoms with Crippen LogP contribution in [0.25, 0.3) is 0 Å². The van der Waals surface area contributed by atoms with Crippen LogP contribution in [0.1, 0.15) is 5.56 Å². The highest BCUT2D eigenvalue weighted by Crippen LogP contribution is 2.12. The fraction of sp³-hybridized carbons (Fsp3) is 0.682. The normalized spacial score (nSPS) is 10.9. The molecule has 0 unspecified atom stereocenters. The third kappa shape index (κ3) is 17.7. The van der Waals surface area contributed by atoms with Crippen LogP contribution in [0, 0.1) is 0 Å². The van der Waals surface area contributed by atoms with Crippen molar-refractivity contribution in [3.63, 3.8) is 0 Å². The lowest BCUT2D eigenvalue weighted by Crippen LogP contribution is -2.23. The summed E-state index contributed by atoms with van der Waals surface area (Å²) in [5, 5.41) is 10.9. The Morgan fingerprint density at radius 3 is 1.59 bits per heavy atom. The lowest BCUT2D eigenvalue weighted by molar-refractivity contribution is -0.0159. The van der Waals surface area contributed by atoms with Crippen molar-refractivity contribution < 1.29 is 43.1 Å². The smallest absolute Gasteiger partial charge is 0.404 e. The van der Waals surface area contributed by atoms with E-state index < -0.39 is 6.09 Å². The van der Waals surface area contributed by atoms with E-state index in [1.54, 1.807) is 7.11 Å². The number of hydrogen-bond acceptors (Lipinski definition) is 8. The van der Waals surface area contributed by atoms with E-state index in [1.807, 2.05) is 24.3 Å². The molecule has 0 saturated heterocycles. The summed E-state index contributed by atoms with van der Waals surface area (Å²) < 4.78 is 37.4. The SMILES string of the molecule is COCCOCCOCCOCCOCCOCCOc1ccc(CCNC(=O)O)cc1. The molecular formula is C22H37NO9. The van der Waals surface area contributed by atoms with E-state index in [0.717, 1.165) is 11.3 Å². The average molecular weight is 460 g/mol. The van der Waals surface area contributed by atoms with Gasteiger partial charge in [0.1, 0.15) is 12.4 Å². The maximum Gasteiger partial charge on any atom is 0.404 e. The summed E-state index contributed by atoms with van der Waals surface area (Å²) in [6.45, 7) is 6.63. The Kier molecular flexibility index (Phi) is 18.4. The van der Waals surface area contributed by atoms with Gasteiger partial charge >= 0.3 is 6.09 Å². The minimum atomic E-state index is -1.01. The molecule has 1 amide bonds. The maximum absolute atomic E-state index is 10.4. The van der Waals surface area contributed by atoms with Crippen molar-refractivity contribution in [2.45, 2.75) is 6.42 Å². The first-order valence-corrected chi connectivity index (χ1v) is 10.8. The van der Waals surface area contributed by atoms with Crippen molar-refractivity contribution in [1.29, 1.82) is 0 Å². The first-order chi connectivity index (χ1) is 15.7. The van der Waals surface area contributed by atoms with Gasteiger partial charge in [0, 0.05) is 13.7 Å². The summed E-state index contributed by atoms with van der Waals surface area (Å²) in [6, 6.07) is 7.56. The molecule has 0 aliphatic rings. The Hall–Kier alpha value is -1.95. The second-order valence-electron chi connectivity index (χ2n) is 6.53. The van der Waals surface area contributed by atoms with Gasteiger partial charge in [-0.2, -0.15) is 0 Å². The van der Waals surface area contributed by atoms with Crippen molar-refractivity contribution in [1.82, 2.24) is 5.32 Å². The Morgan fingerprint density at radius 2 is 1.16 bits per heavy atom. The Labute approximate surface area is 190 Å². The molecule has 0 bridgehead atoms. The molecule has 10 nitrogen and oxygen atoms in total. The maximum atomic E-state index is 10.4. The summed E-state index contributed by atoms with van der Waals surface area (Å²) in [5.74, 6) is 0.750. The number of carboxylic acid groups (broad SMARTS) is 1. The van der Waals surface area contributed by atoms with Crippen LogP contribution in [-0.4, -0.2) is 104 Å². The number of benzene rings is 1. The fourth-order valence-corrected chi connectivity index (χ4v) is 2.41. The summed E-state index contributed by atoms with van der Waals surface area (Å²) in [5.41, 5.74) is 1.04. The van der Waals surface area contributed by atoms with Crippen molar-refractivity contribution in [3.05, 3.63) is 29.8 Å². The predicted molar refractivity (Wildman–Crippen MR) is 118 cm³/mol. The van der Waals surface area contributed by atoms with Crippen LogP contribution in [0.15, 0.2) is 24.3 Å². The highest BCUT2D eigenvalue weighted by Gasteiger charge is 1.99. The number of rotatable bonds is 22. The first kappa shape index (κ1) is 28.1. The first-order valence-electron chi connectivity index (χ1n) is 10.8. The number of amides is 1. The van der Waals surface area contributed by atoms with Crippen LogP contribution >= 0.6 is 0 Å². The van der Waals surface area contributed by atoms with Crippen LogP contribution < -0.4 is 10.1 Å². The molecular weight excluding hydrogens is 422 g/mol. The monoisotopic (exact) mass is 459 g/mol. The van der Waals surface area contributed by atoms with Gasteiger partial charge in [0.15, 0.2) is 0 Å². The Balaban J connectivity index is 1.81. The van der Waals surface area contributed by atoms with Gasteiger partial charge in [-0.05, 0) is 24.1 Å². The van der Waals surface area contributed by atoms with E-state index in [-0.39, 0.29) is 0 Å². The van der Waals surface area contributed by atoms with Gasteiger partial charge < -0.3 is 43.6 Å². The number of methoxy groups -OCH3 is 1. The van der Waals surface area contributed by atoms with Crippen LogP contribution in [0.5, 0.6) is 5.75 Å². The lowest BCUT2D eigenvalue weighted by Gasteiger charge is -2.09. The van der Waals surface area contributed by atoms with Gasteiger partial charge in [-0.15, -0.1) is 0 Å². The largest absolute Gasteiger partial charge is 0.491 e. The zero-order valence-corrected chi connectivity index (χ0v) is 18.9. The minimum absolute atomic E-state index is 0.387. The molecule has 0 fully saturated rings. The molecule has 0 saturated carbocycles. The van der Waals surface area contributed by atoms with Crippen LogP contribution in [-0.2, 0) is 34.8 Å². The number of ether oxygens (including phenoxy) is 7. The molecule has 0 aliphatic carbocycles. The quantitative estimate of drug-likeness (QED) is 0.250. The number of nitrogens with one attached hydrogen (secondary N) is 1. The second-order valence-corrected chi connectivity index (χ2v) is 6.53. The zero-order valence-electron chi connectivity index (χ0n) is 18.9. The molecule has 0 aromatic heterocycles. The van der Waals surface area contributed by atoms with Gasteiger partial charge in [0.25, 0.3) is 0 Å². The highest BCUT2D eigenvalue weighted by atomic mass is 16.6. The predicted octanol–water partition coefficient (Wildman–Crippen LogP) is 1.60. The molecule has 0 atom stereocenters. The summed E-state index contributed by atoms with van der Waals surface area (Å²) >= 11 is 0. The topological polar surface area (TPSA) is 114 Å². The Bertz CT molecular complexity index is 557. The zero-order chi connectivity index (χ0) is 23.1. The molecule has 184 valence electrons. The number of carbonyl (C=O) groups is 1. The third-order valence-corrected chi connectivity index (χ3v) is 4.03. The average Bonchev–Trinajstić information content (AvgIpc) is 2.79. The van der Waals surface area contributed by atoms with E-state index in [2.05, 4.69) is 5.32 Å². The van der Waals surface area contributed by atoms with Crippen molar-refractivity contribution in [2.24, 2.45) is 0 Å². The molecule has 0 radical (unpaired) electrons. The van der Waals surface area contributed by atoms with Gasteiger partial charge in [-0.3, -0.25) is 0 Å².